The van der Waals surface area contributed by atoms with Gasteiger partial charge in [-0.3, -0.25) is 14.4 Å². The van der Waals surface area contributed by atoms with E-state index in [-0.39, 0.29) is 23.5 Å². The minimum Gasteiger partial charge on any atom is -0.480 e. The maximum Gasteiger partial charge on any atom is 0.326 e. The molecule has 0 saturated carbocycles. The van der Waals surface area contributed by atoms with Crippen LogP contribution in [0, 0.1) is 17.8 Å². The maximum absolute atomic E-state index is 12.8. The Morgan fingerprint density at radius 2 is 1.32 bits per heavy atom. The number of carbonyl (C=O) groups excluding carboxylic acids is 3. The van der Waals surface area contributed by atoms with Gasteiger partial charge in [-0.2, -0.15) is 12.6 Å². The Balaban J connectivity index is 5.30. The molecule has 0 heterocycles. The lowest BCUT2D eigenvalue weighted by Crippen LogP contribution is -2.58. The normalized spacial score (nSPS) is 16.2. The second-order valence-electron chi connectivity index (χ2n) is 8.88. The quantitative estimate of drug-likeness (QED) is 0.212. The standard InChI is InChI=1S/C21H40N4O5S/c1-7-13(6)17(21(29)30)25-19(27)15(9-12(4)5)23-20(28)16(10-31)24-18(26)14(22)8-11(2)3/h11-17,31H,7-10,22H2,1-6H3,(H,23,28)(H,24,26)(H,25,27)(H,29,30). The highest BCUT2D eigenvalue weighted by Gasteiger charge is 2.32. The topological polar surface area (TPSA) is 151 Å². The van der Waals surface area contributed by atoms with E-state index >= 15 is 0 Å². The summed E-state index contributed by atoms with van der Waals surface area (Å²) >= 11 is 4.14. The van der Waals surface area contributed by atoms with Gasteiger partial charge in [-0.1, -0.05) is 48.0 Å². The first-order valence-electron chi connectivity index (χ1n) is 10.8. The third kappa shape index (κ3) is 10.9. The summed E-state index contributed by atoms with van der Waals surface area (Å²) in [6.07, 6.45) is 1.35. The average molecular weight is 461 g/mol. The largest absolute Gasteiger partial charge is 0.480 e. The van der Waals surface area contributed by atoms with Gasteiger partial charge in [0.25, 0.3) is 0 Å². The molecule has 6 N–H and O–H groups in total. The fourth-order valence-corrected chi connectivity index (χ4v) is 3.26. The number of hydrogen-bond acceptors (Lipinski definition) is 6. The van der Waals surface area contributed by atoms with Gasteiger partial charge in [0.05, 0.1) is 6.04 Å². The molecule has 0 rings (SSSR count). The summed E-state index contributed by atoms with van der Waals surface area (Å²) in [5, 5.41) is 17.2. The van der Waals surface area contributed by atoms with Gasteiger partial charge in [0.1, 0.15) is 18.1 Å². The monoisotopic (exact) mass is 460 g/mol. The van der Waals surface area contributed by atoms with Crippen molar-refractivity contribution in [3.8, 4) is 0 Å². The fourth-order valence-electron chi connectivity index (χ4n) is 3.00. The second-order valence-corrected chi connectivity index (χ2v) is 9.25. The molecule has 0 spiro atoms. The van der Waals surface area contributed by atoms with E-state index in [1.54, 1.807) is 6.92 Å². The van der Waals surface area contributed by atoms with Crippen LogP contribution >= 0.6 is 12.6 Å². The van der Waals surface area contributed by atoms with E-state index in [0.717, 1.165) is 0 Å². The summed E-state index contributed by atoms with van der Waals surface area (Å²) in [7, 11) is 0. The van der Waals surface area contributed by atoms with Crippen LogP contribution in [-0.4, -0.2) is 58.7 Å². The van der Waals surface area contributed by atoms with Crippen molar-refractivity contribution in [1.82, 2.24) is 16.0 Å². The average Bonchev–Trinajstić information content (AvgIpc) is 2.67. The highest BCUT2D eigenvalue weighted by atomic mass is 32.1. The molecule has 0 aromatic heterocycles. The van der Waals surface area contributed by atoms with Crippen LogP contribution in [-0.2, 0) is 19.2 Å². The van der Waals surface area contributed by atoms with Crippen molar-refractivity contribution in [2.75, 3.05) is 5.75 Å². The van der Waals surface area contributed by atoms with Gasteiger partial charge in [0.15, 0.2) is 0 Å². The summed E-state index contributed by atoms with van der Waals surface area (Å²) in [5.41, 5.74) is 5.87. The lowest BCUT2D eigenvalue weighted by molar-refractivity contribution is -0.144. The van der Waals surface area contributed by atoms with E-state index in [9.17, 15) is 24.3 Å². The zero-order valence-electron chi connectivity index (χ0n) is 19.5. The van der Waals surface area contributed by atoms with E-state index in [2.05, 4.69) is 28.6 Å². The van der Waals surface area contributed by atoms with Crippen LogP contribution in [0.25, 0.3) is 0 Å². The smallest absolute Gasteiger partial charge is 0.326 e. The molecule has 0 fully saturated rings. The first-order valence-corrected chi connectivity index (χ1v) is 11.5. The van der Waals surface area contributed by atoms with Crippen LogP contribution in [0.2, 0.25) is 0 Å². The molecule has 5 unspecified atom stereocenters. The van der Waals surface area contributed by atoms with E-state index in [4.69, 9.17) is 5.73 Å². The zero-order valence-corrected chi connectivity index (χ0v) is 20.4. The van der Waals surface area contributed by atoms with Crippen LogP contribution in [0.4, 0.5) is 0 Å². The van der Waals surface area contributed by atoms with Crippen molar-refractivity contribution in [3.05, 3.63) is 0 Å². The molecule has 0 radical (unpaired) electrons. The van der Waals surface area contributed by atoms with Gasteiger partial charge in [0, 0.05) is 5.75 Å². The molecule has 0 aliphatic carbocycles. The molecule has 0 aromatic rings. The second kappa shape index (κ2) is 14.3. The molecule has 180 valence electrons. The van der Waals surface area contributed by atoms with Gasteiger partial charge in [0.2, 0.25) is 17.7 Å². The summed E-state index contributed by atoms with van der Waals surface area (Å²) < 4.78 is 0. The summed E-state index contributed by atoms with van der Waals surface area (Å²) in [6.45, 7) is 11.2. The molecule has 31 heavy (non-hydrogen) atoms. The predicted octanol–water partition coefficient (Wildman–Crippen LogP) is 0.921. The van der Waals surface area contributed by atoms with E-state index in [0.29, 0.717) is 19.3 Å². The minimum atomic E-state index is -1.13. The van der Waals surface area contributed by atoms with Gasteiger partial charge in [-0.05, 0) is 30.6 Å². The Bertz CT molecular complexity index is 615. The third-order valence-corrected chi connectivity index (χ3v) is 5.36. The maximum atomic E-state index is 12.8. The number of nitrogens with two attached hydrogens (primary N) is 1. The lowest BCUT2D eigenvalue weighted by Gasteiger charge is -2.27. The Labute approximate surface area is 191 Å². The number of amides is 3. The number of carboxylic acids is 1. The number of aliphatic carboxylic acids is 1. The Hall–Kier alpha value is -1.81. The number of nitrogens with one attached hydrogen (secondary N) is 3. The van der Waals surface area contributed by atoms with Crippen LogP contribution < -0.4 is 21.7 Å². The molecule has 9 nitrogen and oxygen atoms in total. The van der Waals surface area contributed by atoms with Crippen molar-refractivity contribution in [2.24, 2.45) is 23.5 Å². The lowest BCUT2D eigenvalue weighted by atomic mass is 9.97. The fraction of sp³-hybridized carbons (Fsp3) is 0.810. The Morgan fingerprint density at radius 1 is 0.839 bits per heavy atom. The van der Waals surface area contributed by atoms with Crippen molar-refractivity contribution in [2.45, 2.75) is 85.0 Å². The van der Waals surface area contributed by atoms with E-state index < -0.39 is 47.9 Å². The van der Waals surface area contributed by atoms with Crippen molar-refractivity contribution >= 4 is 36.3 Å². The molecular weight excluding hydrogens is 420 g/mol. The molecule has 10 heteroatoms. The van der Waals surface area contributed by atoms with Gasteiger partial charge >= 0.3 is 5.97 Å². The highest BCUT2D eigenvalue weighted by molar-refractivity contribution is 7.80. The molecule has 3 amide bonds. The predicted molar refractivity (Wildman–Crippen MR) is 124 cm³/mol. The van der Waals surface area contributed by atoms with Crippen LogP contribution in [0.1, 0.15) is 60.8 Å². The zero-order chi connectivity index (χ0) is 24.3. The minimum absolute atomic E-state index is 0.0204. The van der Waals surface area contributed by atoms with Gasteiger partial charge in [-0.15, -0.1) is 0 Å². The Morgan fingerprint density at radius 3 is 1.74 bits per heavy atom. The number of thiol groups is 1. The third-order valence-electron chi connectivity index (χ3n) is 4.99. The highest BCUT2D eigenvalue weighted by Crippen LogP contribution is 2.11. The van der Waals surface area contributed by atoms with E-state index in [1.807, 2.05) is 34.6 Å². The summed E-state index contributed by atoms with van der Waals surface area (Å²) in [6, 6.07) is -3.72. The van der Waals surface area contributed by atoms with Gasteiger partial charge < -0.3 is 26.8 Å². The molecule has 5 atom stereocenters. The molecule has 0 aliphatic heterocycles. The van der Waals surface area contributed by atoms with Crippen molar-refractivity contribution in [1.29, 1.82) is 0 Å². The van der Waals surface area contributed by atoms with Crippen LogP contribution in [0.5, 0.6) is 0 Å². The number of carboxylic acid groups (broad SMARTS) is 1. The molecule has 0 aromatic carbocycles. The molecular formula is C21H40N4O5S. The van der Waals surface area contributed by atoms with Gasteiger partial charge in [-0.25, -0.2) is 4.79 Å². The van der Waals surface area contributed by atoms with E-state index in [1.165, 1.54) is 0 Å². The molecule has 0 saturated heterocycles. The molecule has 0 aliphatic rings. The SMILES string of the molecule is CCC(C)C(NC(=O)C(CC(C)C)NC(=O)C(CS)NC(=O)C(N)CC(C)C)C(=O)O. The van der Waals surface area contributed by atoms with Crippen LogP contribution in [0.15, 0.2) is 0 Å². The van der Waals surface area contributed by atoms with Crippen molar-refractivity contribution < 1.29 is 24.3 Å². The van der Waals surface area contributed by atoms with Crippen LogP contribution in [0.3, 0.4) is 0 Å². The molecule has 0 bridgehead atoms. The number of carbonyl (C=O) groups is 4. The summed E-state index contributed by atoms with van der Waals surface area (Å²) in [4.78, 5) is 49.4. The first kappa shape index (κ1) is 29.2. The van der Waals surface area contributed by atoms with Crippen molar-refractivity contribution in [3.63, 3.8) is 0 Å². The summed E-state index contributed by atoms with van der Waals surface area (Å²) in [5.74, 6) is -2.71. The number of rotatable bonds is 14. The number of hydrogen-bond donors (Lipinski definition) is 6. The first-order chi connectivity index (χ1) is 14.3. The Kier molecular flexibility index (Phi) is 13.5.